The van der Waals surface area contributed by atoms with Gasteiger partial charge >= 0.3 is 0 Å². The van der Waals surface area contributed by atoms with Gasteiger partial charge in [0.05, 0.1) is 18.5 Å². The van der Waals surface area contributed by atoms with E-state index in [1.165, 1.54) is 0 Å². The molecule has 0 unspecified atom stereocenters. The van der Waals surface area contributed by atoms with Crippen molar-refractivity contribution >= 4 is 10.0 Å². The standard InChI is InChI=1S/C16H23N3O3S/c1-9-7-14(10(2)11(3)15(9)22-6)8-17-23(20,21)16-12(4)18-19-13(16)5/h7,17H,8H2,1-6H3,(H,18,19). The van der Waals surface area contributed by atoms with E-state index in [0.29, 0.717) is 11.4 Å². The van der Waals surface area contributed by atoms with Gasteiger partial charge in [-0.2, -0.15) is 5.10 Å². The molecule has 0 fully saturated rings. The van der Waals surface area contributed by atoms with E-state index >= 15 is 0 Å². The molecule has 0 aliphatic rings. The van der Waals surface area contributed by atoms with Crippen LogP contribution in [0, 0.1) is 34.6 Å². The highest BCUT2D eigenvalue weighted by atomic mass is 32.2. The molecule has 0 bridgehead atoms. The van der Waals surface area contributed by atoms with Gasteiger partial charge in [0.15, 0.2) is 0 Å². The van der Waals surface area contributed by atoms with E-state index in [9.17, 15) is 8.42 Å². The second-order valence-corrected chi connectivity index (χ2v) is 7.43. The molecule has 7 heteroatoms. The van der Waals surface area contributed by atoms with Crippen LogP contribution in [0.5, 0.6) is 5.75 Å². The molecule has 2 aromatic rings. The number of nitrogens with one attached hydrogen (secondary N) is 2. The van der Waals surface area contributed by atoms with Crippen molar-refractivity contribution < 1.29 is 13.2 Å². The minimum atomic E-state index is -3.61. The maximum absolute atomic E-state index is 12.5. The van der Waals surface area contributed by atoms with E-state index in [1.54, 1.807) is 21.0 Å². The predicted molar refractivity (Wildman–Crippen MR) is 89.3 cm³/mol. The van der Waals surface area contributed by atoms with Crippen molar-refractivity contribution in [2.75, 3.05) is 7.11 Å². The Kier molecular flexibility index (Phi) is 4.81. The molecule has 0 saturated heterocycles. The van der Waals surface area contributed by atoms with Gasteiger partial charge in [-0.15, -0.1) is 0 Å². The Balaban J connectivity index is 2.32. The lowest BCUT2D eigenvalue weighted by Crippen LogP contribution is -2.25. The number of benzene rings is 1. The van der Waals surface area contributed by atoms with Crippen LogP contribution >= 0.6 is 0 Å². The van der Waals surface area contributed by atoms with E-state index in [4.69, 9.17) is 4.74 Å². The van der Waals surface area contributed by atoms with Crippen molar-refractivity contribution in [3.63, 3.8) is 0 Å². The van der Waals surface area contributed by atoms with Crippen molar-refractivity contribution in [1.29, 1.82) is 0 Å². The largest absolute Gasteiger partial charge is 0.496 e. The van der Waals surface area contributed by atoms with Crippen LogP contribution in [0.2, 0.25) is 0 Å². The topological polar surface area (TPSA) is 84.1 Å². The maximum atomic E-state index is 12.5. The molecule has 2 N–H and O–H groups in total. The number of aromatic nitrogens is 2. The fourth-order valence-corrected chi connectivity index (χ4v) is 4.19. The van der Waals surface area contributed by atoms with E-state index in [2.05, 4.69) is 14.9 Å². The average molecular weight is 337 g/mol. The van der Waals surface area contributed by atoms with Gasteiger partial charge in [-0.25, -0.2) is 13.1 Å². The Morgan fingerprint density at radius 2 is 1.83 bits per heavy atom. The molecule has 6 nitrogen and oxygen atoms in total. The molecule has 0 aliphatic heterocycles. The van der Waals surface area contributed by atoms with Crippen LogP contribution in [0.3, 0.4) is 0 Å². The highest BCUT2D eigenvalue weighted by molar-refractivity contribution is 7.89. The molecule has 126 valence electrons. The summed E-state index contributed by atoms with van der Waals surface area (Å²) in [6.45, 7) is 9.49. The first-order valence-electron chi connectivity index (χ1n) is 7.34. The summed E-state index contributed by atoms with van der Waals surface area (Å²) in [7, 11) is -1.97. The molecule has 0 aliphatic carbocycles. The smallest absolute Gasteiger partial charge is 0.244 e. The van der Waals surface area contributed by atoms with E-state index < -0.39 is 10.0 Å². The molecule has 0 saturated carbocycles. The van der Waals surface area contributed by atoms with Crippen molar-refractivity contribution in [2.45, 2.75) is 46.1 Å². The third kappa shape index (κ3) is 3.25. The van der Waals surface area contributed by atoms with Crippen LogP contribution in [0.15, 0.2) is 11.0 Å². The van der Waals surface area contributed by atoms with E-state index in [0.717, 1.165) is 28.0 Å². The summed E-state index contributed by atoms with van der Waals surface area (Å²) in [4.78, 5) is 0.220. The molecular weight excluding hydrogens is 314 g/mol. The van der Waals surface area contributed by atoms with Crippen molar-refractivity contribution in [1.82, 2.24) is 14.9 Å². The zero-order valence-electron chi connectivity index (χ0n) is 14.4. The minimum Gasteiger partial charge on any atom is -0.496 e. The first kappa shape index (κ1) is 17.5. The average Bonchev–Trinajstić information content (AvgIpc) is 2.82. The maximum Gasteiger partial charge on any atom is 0.244 e. The highest BCUT2D eigenvalue weighted by Gasteiger charge is 2.22. The zero-order chi connectivity index (χ0) is 17.4. The molecule has 0 radical (unpaired) electrons. The van der Waals surface area contributed by atoms with Gasteiger partial charge < -0.3 is 4.74 Å². The molecule has 23 heavy (non-hydrogen) atoms. The summed E-state index contributed by atoms with van der Waals surface area (Å²) in [5.74, 6) is 0.843. The Hall–Kier alpha value is -1.86. The second kappa shape index (κ2) is 6.33. The Morgan fingerprint density at radius 1 is 1.17 bits per heavy atom. The zero-order valence-corrected chi connectivity index (χ0v) is 15.2. The molecule has 0 atom stereocenters. The number of aryl methyl sites for hydroxylation is 3. The molecule has 1 aromatic heterocycles. The number of sulfonamides is 1. The van der Waals surface area contributed by atoms with Crippen molar-refractivity contribution in [3.05, 3.63) is 39.7 Å². The van der Waals surface area contributed by atoms with Gasteiger partial charge in [0.1, 0.15) is 10.6 Å². The van der Waals surface area contributed by atoms with Gasteiger partial charge in [-0.05, 0) is 56.9 Å². The fourth-order valence-electron chi connectivity index (χ4n) is 2.82. The van der Waals surface area contributed by atoms with Crippen LogP contribution in [-0.2, 0) is 16.6 Å². The monoisotopic (exact) mass is 337 g/mol. The van der Waals surface area contributed by atoms with Crippen LogP contribution < -0.4 is 9.46 Å². The van der Waals surface area contributed by atoms with E-state index in [1.807, 2.05) is 26.8 Å². The lowest BCUT2D eigenvalue weighted by atomic mass is 9.99. The highest BCUT2D eigenvalue weighted by Crippen LogP contribution is 2.28. The predicted octanol–water partition coefficient (Wildman–Crippen LogP) is 2.44. The van der Waals surface area contributed by atoms with Gasteiger partial charge in [-0.1, -0.05) is 6.07 Å². The number of hydrogen-bond donors (Lipinski definition) is 2. The lowest BCUT2D eigenvalue weighted by Gasteiger charge is -2.16. The number of aromatic amines is 1. The summed E-state index contributed by atoms with van der Waals surface area (Å²) in [6, 6.07) is 1.96. The molecule has 0 spiro atoms. The second-order valence-electron chi connectivity index (χ2n) is 5.72. The molecule has 1 heterocycles. The summed E-state index contributed by atoms with van der Waals surface area (Å²) < 4.78 is 33.1. The van der Waals surface area contributed by atoms with Gasteiger partial charge in [-0.3, -0.25) is 5.10 Å². The first-order chi connectivity index (χ1) is 10.7. The summed E-state index contributed by atoms with van der Waals surface area (Å²) in [6.07, 6.45) is 0. The van der Waals surface area contributed by atoms with Crippen LogP contribution in [0.4, 0.5) is 0 Å². The number of methoxy groups -OCH3 is 1. The van der Waals surface area contributed by atoms with Gasteiger partial charge in [0.2, 0.25) is 10.0 Å². The molecule has 0 amide bonds. The van der Waals surface area contributed by atoms with Crippen LogP contribution in [0.25, 0.3) is 0 Å². The normalized spacial score (nSPS) is 11.7. The molecule has 1 aromatic carbocycles. The quantitative estimate of drug-likeness (QED) is 0.878. The van der Waals surface area contributed by atoms with Crippen LogP contribution in [-0.4, -0.2) is 25.7 Å². The summed E-state index contributed by atoms with van der Waals surface area (Å²) in [5, 5.41) is 6.65. The van der Waals surface area contributed by atoms with Crippen LogP contribution in [0.1, 0.15) is 33.6 Å². The van der Waals surface area contributed by atoms with Crippen molar-refractivity contribution in [2.24, 2.45) is 0 Å². The number of nitrogens with zero attached hydrogens (tertiary/aromatic N) is 1. The Bertz CT molecular complexity index is 819. The summed E-state index contributed by atoms with van der Waals surface area (Å²) in [5.41, 5.74) is 4.97. The van der Waals surface area contributed by atoms with Gasteiger partial charge in [0, 0.05) is 6.54 Å². The minimum absolute atomic E-state index is 0.220. The number of rotatable bonds is 5. The summed E-state index contributed by atoms with van der Waals surface area (Å²) >= 11 is 0. The third-order valence-corrected chi connectivity index (χ3v) is 5.78. The Morgan fingerprint density at radius 3 is 2.35 bits per heavy atom. The molecule has 2 rings (SSSR count). The number of hydrogen-bond acceptors (Lipinski definition) is 4. The lowest BCUT2D eigenvalue weighted by molar-refractivity contribution is 0.408. The fraction of sp³-hybridized carbons (Fsp3) is 0.438. The van der Waals surface area contributed by atoms with Gasteiger partial charge in [0.25, 0.3) is 0 Å². The number of ether oxygens (including phenoxy) is 1. The molecular formula is C16H23N3O3S. The Labute approximate surface area is 137 Å². The van der Waals surface area contributed by atoms with E-state index in [-0.39, 0.29) is 11.4 Å². The number of H-pyrrole nitrogens is 1. The van der Waals surface area contributed by atoms with Crippen molar-refractivity contribution in [3.8, 4) is 5.75 Å². The SMILES string of the molecule is COc1c(C)cc(CNS(=O)(=O)c2c(C)n[nH]c2C)c(C)c1C. The third-order valence-electron chi connectivity index (χ3n) is 4.12. The first-order valence-corrected chi connectivity index (χ1v) is 8.82.